The van der Waals surface area contributed by atoms with E-state index in [1.807, 2.05) is 17.5 Å². The number of nitrogens with one attached hydrogen (secondary N) is 1. The van der Waals surface area contributed by atoms with Gasteiger partial charge in [0.25, 0.3) is 0 Å². The minimum atomic E-state index is 0.0262. The standard InChI is InChI=1S/C18H25N5O/c1-3-4-15-14(2)20-16-5-6-17(21-23(15)16)22-10-7-18(8-11-22)13-19-9-12-24-18/h3,5-6,19H,1,4,7-13H2,2H3. The van der Waals surface area contributed by atoms with E-state index in [-0.39, 0.29) is 5.60 Å². The maximum absolute atomic E-state index is 6.08. The number of piperidine rings is 1. The molecule has 2 aromatic heterocycles. The zero-order valence-electron chi connectivity index (χ0n) is 14.3. The highest BCUT2D eigenvalue weighted by Gasteiger charge is 2.37. The van der Waals surface area contributed by atoms with Gasteiger partial charge in [-0.15, -0.1) is 11.7 Å². The lowest BCUT2D eigenvalue weighted by Crippen LogP contribution is -2.55. The number of morpholine rings is 1. The molecule has 0 bridgehead atoms. The number of aromatic nitrogens is 3. The lowest BCUT2D eigenvalue weighted by atomic mass is 9.90. The zero-order valence-corrected chi connectivity index (χ0v) is 14.3. The molecule has 0 radical (unpaired) electrons. The summed E-state index contributed by atoms with van der Waals surface area (Å²) in [6.07, 6.45) is 4.78. The summed E-state index contributed by atoms with van der Waals surface area (Å²) in [6, 6.07) is 4.14. The van der Waals surface area contributed by atoms with Gasteiger partial charge in [-0.1, -0.05) is 6.08 Å². The highest BCUT2D eigenvalue weighted by Crippen LogP contribution is 2.29. The van der Waals surface area contributed by atoms with Crippen LogP contribution in [0.4, 0.5) is 5.82 Å². The van der Waals surface area contributed by atoms with E-state index in [2.05, 4.69) is 33.9 Å². The molecule has 0 atom stereocenters. The van der Waals surface area contributed by atoms with Crippen molar-refractivity contribution in [3.8, 4) is 0 Å². The fourth-order valence-corrected chi connectivity index (χ4v) is 3.79. The van der Waals surface area contributed by atoms with E-state index in [4.69, 9.17) is 9.84 Å². The molecule has 2 aliphatic rings. The quantitative estimate of drug-likeness (QED) is 0.870. The van der Waals surface area contributed by atoms with E-state index < -0.39 is 0 Å². The van der Waals surface area contributed by atoms with Gasteiger partial charge in [-0.2, -0.15) is 0 Å². The van der Waals surface area contributed by atoms with Crippen molar-refractivity contribution in [1.29, 1.82) is 0 Å². The van der Waals surface area contributed by atoms with Crippen LogP contribution in [0.2, 0.25) is 0 Å². The lowest BCUT2D eigenvalue weighted by molar-refractivity contribution is -0.0800. The molecule has 2 fully saturated rings. The van der Waals surface area contributed by atoms with Gasteiger partial charge < -0.3 is 15.0 Å². The summed E-state index contributed by atoms with van der Waals surface area (Å²) >= 11 is 0. The Kier molecular flexibility index (Phi) is 4.02. The van der Waals surface area contributed by atoms with E-state index in [0.29, 0.717) is 0 Å². The van der Waals surface area contributed by atoms with Crippen LogP contribution in [-0.2, 0) is 11.2 Å². The molecule has 4 rings (SSSR count). The van der Waals surface area contributed by atoms with E-state index in [1.54, 1.807) is 0 Å². The summed E-state index contributed by atoms with van der Waals surface area (Å²) in [5.74, 6) is 1.02. The molecule has 128 valence electrons. The van der Waals surface area contributed by atoms with Crippen LogP contribution in [0.25, 0.3) is 5.65 Å². The Balaban J connectivity index is 1.56. The van der Waals surface area contributed by atoms with Crippen molar-refractivity contribution in [2.45, 2.75) is 31.8 Å². The zero-order chi connectivity index (χ0) is 16.6. The Hall–Kier alpha value is -1.92. The Morgan fingerprint density at radius 2 is 2.21 bits per heavy atom. The second-order valence-electron chi connectivity index (χ2n) is 6.79. The Labute approximate surface area is 142 Å². The van der Waals surface area contributed by atoms with Gasteiger partial charge in [0.1, 0.15) is 5.82 Å². The minimum Gasteiger partial charge on any atom is -0.372 e. The van der Waals surface area contributed by atoms with Gasteiger partial charge in [-0.25, -0.2) is 9.50 Å². The summed E-state index contributed by atoms with van der Waals surface area (Å²) in [5.41, 5.74) is 3.08. The Morgan fingerprint density at radius 3 is 2.92 bits per heavy atom. The number of aryl methyl sites for hydroxylation is 1. The number of hydrogen-bond acceptors (Lipinski definition) is 5. The van der Waals surface area contributed by atoms with Gasteiger partial charge in [0.15, 0.2) is 5.65 Å². The largest absolute Gasteiger partial charge is 0.372 e. The molecule has 6 heteroatoms. The molecule has 2 saturated heterocycles. The molecule has 2 aliphatic heterocycles. The fraction of sp³-hybridized carbons (Fsp3) is 0.556. The summed E-state index contributed by atoms with van der Waals surface area (Å²) in [7, 11) is 0. The number of fused-ring (bicyclic) bond motifs is 1. The smallest absolute Gasteiger partial charge is 0.154 e. The first-order valence-electron chi connectivity index (χ1n) is 8.77. The molecule has 1 N–H and O–H groups in total. The number of imidazole rings is 1. The molecule has 24 heavy (non-hydrogen) atoms. The van der Waals surface area contributed by atoms with Crippen LogP contribution < -0.4 is 10.2 Å². The normalized spacial score (nSPS) is 20.6. The van der Waals surface area contributed by atoms with E-state index >= 15 is 0 Å². The third kappa shape index (κ3) is 2.70. The summed E-state index contributed by atoms with van der Waals surface area (Å²) < 4.78 is 8.05. The van der Waals surface area contributed by atoms with Gasteiger partial charge in [-0.3, -0.25) is 0 Å². The molecule has 1 spiro atoms. The predicted octanol–water partition coefficient (Wildman–Crippen LogP) is 1.73. The topological polar surface area (TPSA) is 54.7 Å². The van der Waals surface area contributed by atoms with Gasteiger partial charge in [0.2, 0.25) is 0 Å². The van der Waals surface area contributed by atoms with Crippen molar-refractivity contribution in [3.05, 3.63) is 36.2 Å². The van der Waals surface area contributed by atoms with Crippen LogP contribution in [0.1, 0.15) is 24.2 Å². The first-order valence-corrected chi connectivity index (χ1v) is 8.77. The molecule has 2 aromatic rings. The average Bonchev–Trinajstić information content (AvgIpc) is 2.92. The SMILES string of the molecule is C=CCc1c(C)nc2ccc(N3CCC4(CC3)CNCCO4)nn12. The maximum Gasteiger partial charge on any atom is 0.154 e. The van der Waals surface area contributed by atoms with Crippen molar-refractivity contribution in [2.24, 2.45) is 0 Å². The Morgan fingerprint density at radius 1 is 1.38 bits per heavy atom. The highest BCUT2D eigenvalue weighted by molar-refractivity contribution is 5.49. The van der Waals surface area contributed by atoms with Gasteiger partial charge in [-0.05, 0) is 31.9 Å². The van der Waals surface area contributed by atoms with Crippen LogP contribution in [0, 0.1) is 6.92 Å². The molecule has 0 aliphatic carbocycles. The van der Waals surface area contributed by atoms with Crippen LogP contribution in [0.15, 0.2) is 24.8 Å². The maximum atomic E-state index is 6.08. The Bertz CT molecular complexity index is 737. The number of rotatable bonds is 3. The second-order valence-corrected chi connectivity index (χ2v) is 6.79. The third-order valence-corrected chi connectivity index (χ3v) is 5.23. The van der Waals surface area contributed by atoms with Gasteiger partial charge in [0.05, 0.1) is 23.6 Å². The van der Waals surface area contributed by atoms with E-state index in [1.165, 1.54) is 0 Å². The van der Waals surface area contributed by atoms with Crippen molar-refractivity contribution in [1.82, 2.24) is 19.9 Å². The number of ether oxygens (including phenoxy) is 1. The number of hydrogen-bond donors (Lipinski definition) is 1. The number of anilines is 1. The average molecular weight is 327 g/mol. The minimum absolute atomic E-state index is 0.0262. The van der Waals surface area contributed by atoms with Crippen molar-refractivity contribution in [3.63, 3.8) is 0 Å². The van der Waals surface area contributed by atoms with Crippen LogP contribution >= 0.6 is 0 Å². The van der Waals surface area contributed by atoms with Crippen molar-refractivity contribution >= 4 is 11.5 Å². The molecule has 6 nitrogen and oxygen atoms in total. The molecule has 4 heterocycles. The summed E-state index contributed by atoms with van der Waals surface area (Å²) in [6.45, 7) is 10.6. The van der Waals surface area contributed by atoms with Crippen LogP contribution in [-0.4, -0.2) is 53.0 Å². The fourth-order valence-electron chi connectivity index (χ4n) is 3.79. The van der Waals surface area contributed by atoms with Gasteiger partial charge in [0, 0.05) is 32.6 Å². The lowest BCUT2D eigenvalue weighted by Gasteiger charge is -2.44. The van der Waals surface area contributed by atoms with Crippen molar-refractivity contribution in [2.75, 3.05) is 37.7 Å². The monoisotopic (exact) mass is 327 g/mol. The molecule has 0 saturated carbocycles. The number of nitrogens with zero attached hydrogens (tertiary/aromatic N) is 4. The summed E-state index contributed by atoms with van der Waals surface area (Å²) in [4.78, 5) is 6.95. The van der Waals surface area contributed by atoms with E-state index in [9.17, 15) is 0 Å². The summed E-state index contributed by atoms with van der Waals surface area (Å²) in [5, 5.41) is 8.32. The van der Waals surface area contributed by atoms with Crippen molar-refractivity contribution < 1.29 is 4.74 Å². The van der Waals surface area contributed by atoms with Crippen LogP contribution in [0.5, 0.6) is 0 Å². The van der Waals surface area contributed by atoms with Crippen LogP contribution in [0.3, 0.4) is 0 Å². The molecule has 0 amide bonds. The molecular formula is C18H25N5O. The predicted molar refractivity (Wildman–Crippen MR) is 94.6 cm³/mol. The molecule has 0 aromatic carbocycles. The third-order valence-electron chi connectivity index (χ3n) is 5.23. The van der Waals surface area contributed by atoms with Gasteiger partial charge >= 0.3 is 0 Å². The molecule has 0 unspecified atom stereocenters. The highest BCUT2D eigenvalue weighted by atomic mass is 16.5. The first-order chi connectivity index (χ1) is 11.7. The number of allylic oxidation sites excluding steroid dienone is 1. The molecular weight excluding hydrogens is 302 g/mol. The first kappa shape index (κ1) is 15.6. The van der Waals surface area contributed by atoms with E-state index in [0.717, 1.165) is 74.9 Å². The second kappa shape index (κ2) is 6.18.